The van der Waals surface area contributed by atoms with Gasteiger partial charge in [-0.3, -0.25) is 4.57 Å². The van der Waals surface area contributed by atoms with Crippen molar-refractivity contribution in [1.29, 1.82) is 0 Å². The molecule has 0 unspecified atom stereocenters. The molecule has 0 spiro atoms. The van der Waals surface area contributed by atoms with Crippen molar-refractivity contribution in [2.75, 3.05) is 0 Å². The fourth-order valence-electron chi connectivity index (χ4n) is 1.59. The first kappa shape index (κ1) is 10.5. The summed E-state index contributed by atoms with van der Waals surface area (Å²) in [5.74, 6) is 0. The topological polar surface area (TPSA) is 17.1 Å². The highest BCUT2D eigenvalue weighted by Gasteiger charge is 2.35. The van der Waals surface area contributed by atoms with Crippen LogP contribution in [0.4, 0.5) is 0 Å². The summed E-state index contributed by atoms with van der Waals surface area (Å²) in [4.78, 5) is 2.28. The Morgan fingerprint density at radius 2 is 1.25 bits per heavy atom. The molecular formula is C12H9OPS2. The van der Waals surface area contributed by atoms with Crippen molar-refractivity contribution < 1.29 is 4.57 Å². The van der Waals surface area contributed by atoms with Gasteiger partial charge in [-0.2, -0.15) is 0 Å². The number of hydrogen-bond acceptors (Lipinski definition) is 3. The van der Waals surface area contributed by atoms with Crippen molar-refractivity contribution in [2.45, 2.75) is 9.79 Å². The Bertz CT molecular complexity index is 539. The van der Waals surface area contributed by atoms with Crippen LogP contribution in [0.2, 0.25) is 0 Å². The van der Waals surface area contributed by atoms with Gasteiger partial charge in [-0.25, -0.2) is 0 Å². The van der Waals surface area contributed by atoms with E-state index < -0.39 is 5.55 Å². The van der Waals surface area contributed by atoms with Gasteiger partial charge < -0.3 is 0 Å². The van der Waals surface area contributed by atoms with Gasteiger partial charge in [-0.05, 0) is 47.0 Å². The molecule has 1 aliphatic heterocycles. The first-order valence-corrected chi connectivity index (χ1v) is 9.47. The van der Waals surface area contributed by atoms with E-state index in [9.17, 15) is 4.57 Å². The average molecular weight is 264 g/mol. The van der Waals surface area contributed by atoms with Crippen LogP contribution in [-0.4, -0.2) is 0 Å². The highest BCUT2D eigenvalue weighted by Crippen LogP contribution is 2.78. The van der Waals surface area contributed by atoms with Crippen LogP contribution in [0.5, 0.6) is 0 Å². The molecule has 0 radical (unpaired) electrons. The lowest BCUT2D eigenvalue weighted by Crippen LogP contribution is -1.95. The van der Waals surface area contributed by atoms with Crippen molar-refractivity contribution in [2.24, 2.45) is 0 Å². The van der Waals surface area contributed by atoms with E-state index in [-0.39, 0.29) is 0 Å². The number of rotatable bonds is 1. The third kappa shape index (κ3) is 1.73. The molecule has 0 saturated heterocycles. The Balaban J connectivity index is 2.04. The molecule has 2 aromatic carbocycles. The fourth-order valence-corrected chi connectivity index (χ4v) is 9.88. The van der Waals surface area contributed by atoms with Gasteiger partial charge in [-0.1, -0.05) is 30.3 Å². The molecule has 2 aromatic rings. The molecule has 80 valence electrons. The van der Waals surface area contributed by atoms with E-state index in [1.165, 1.54) is 22.8 Å². The predicted molar refractivity (Wildman–Crippen MR) is 71.8 cm³/mol. The zero-order valence-corrected chi connectivity index (χ0v) is 10.9. The first-order valence-electron chi connectivity index (χ1n) is 4.92. The van der Waals surface area contributed by atoms with E-state index in [2.05, 4.69) is 0 Å². The predicted octanol–water partition coefficient (Wildman–Crippen LogP) is 4.40. The van der Waals surface area contributed by atoms with E-state index in [0.717, 1.165) is 15.1 Å². The van der Waals surface area contributed by atoms with Crippen molar-refractivity contribution in [3.05, 3.63) is 54.6 Å². The molecular weight excluding hydrogens is 255 g/mol. The molecule has 0 fully saturated rings. The maximum atomic E-state index is 12.8. The standard InChI is InChI=1S/C12H9OPS2/c13-14(10-6-2-1-3-7-10)15-11-8-4-5-9-12(11)16-14/h1-9H. The number of benzene rings is 2. The van der Waals surface area contributed by atoms with Crippen LogP contribution < -0.4 is 5.30 Å². The molecule has 4 heteroatoms. The average Bonchev–Trinajstić information content (AvgIpc) is 2.68. The summed E-state index contributed by atoms with van der Waals surface area (Å²) >= 11 is 3.02. The van der Waals surface area contributed by atoms with Gasteiger partial charge in [0.05, 0.1) is 0 Å². The third-order valence-electron chi connectivity index (χ3n) is 2.36. The van der Waals surface area contributed by atoms with Crippen LogP contribution in [0.3, 0.4) is 0 Å². The summed E-state index contributed by atoms with van der Waals surface area (Å²) in [7, 11) is 0. The molecule has 0 aliphatic carbocycles. The second-order valence-corrected chi connectivity index (χ2v) is 11.1. The van der Waals surface area contributed by atoms with Gasteiger partial charge in [0.25, 0.3) is 0 Å². The summed E-state index contributed by atoms with van der Waals surface area (Å²) in [6, 6.07) is 17.8. The Kier molecular flexibility index (Phi) is 2.62. The van der Waals surface area contributed by atoms with Gasteiger partial charge in [0.15, 0.2) is 0 Å². The molecule has 0 atom stereocenters. The van der Waals surface area contributed by atoms with Crippen molar-refractivity contribution in [3.8, 4) is 0 Å². The smallest absolute Gasteiger partial charge is 0.228 e. The Morgan fingerprint density at radius 3 is 1.81 bits per heavy atom. The Morgan fingerprint density at radius 1 is 0.750 bits per heavy atom. The zero-order valence-electron chi connectivity index (χ0n) is 8.37. The van der Waals surface area contributed by atoms with E-state index >= 15 is 0 Å². The minimum atomic E-state index is -2.37. The second-order valence-electron chi connectivity index (χ2n) is 3.46. The van der Waals surface area contributed by atoms with Gasteiger partial charge in [0.2, 0.25) is 5.55 Å². The molecule has 0 bridgehead atoms. The van der Waals surface area contributed by atoms with Gasteiger partial charge >= 0.3 is 0 Å². The van der Waals surface area contributed by atoms with Crippen LogP contribution in [-0.2, 0) is 4.57 Å². The molecule has 1 heterocycles. The van der Waals surface area contributed by atoms with Crippen LogP contribution in [0.15, 0.2) is 64.4 Å². The minimum absolute atomic E-state index is 0.946. The van der Waals surface area contributed by atoms with Crippen molar-refractivity contribution in [3.63, 3.8) is 0 Å². The maximum Gasteiger partial charge on any atom is 0.228 e. The lowest BCUT2D eigenvalue weighted by Gasteiger charge is -2.08. The van der Waals surface area contributed by atoms with Gasteiger partial charge in [0, 0.05) is 15.1 Å². The summed E-state index contributed by atoms with van der Waals surface area (Å²) in [5.41, 5.74) is -2.37. The van der Waals surface area contributed by atoms with Crippen LogP contribution in [0.1, 0.15) is 0 Å². The van der Waals surface area contributed by atoms with E-state index in [1.807, 2.05) is 54.6 Å². The molecule has 16 heavy (non-hydrogen) atoms. The normalized spacial score (nSPS) is 17.0. The highest BCUT2D eigenvalue weighted by molar-refractivity contribution is 8.93. The highest BCUT2D eigenvalue weighted by atomic mass is 33.1. The fraction of sp³-hybridized carbons (Fsp3) is 0. The molecule has 3 rings (SSSR count). The number of hydrogen-bond donors (Lipinski definition) is 0. The second kappa shape index (κ2) is 3.99. The van der Waals surface area contributed by atoms with Crippen molar-refractivity contribution in [1.82, 2.24) is 0 Å². The maximum absolute atomic E-state index is 12.8. The van der Waals surface area contributed by atoms with Crippen LogP contribution in [0, 0.1) is 0 Å². The van der Waals surface area contributed by atoms with Crippen molar-refractivity contribution >= 4 is 33.6 Å². The van der Waals surface area contributed by atoms with Crippen LogP contribution >= 0.6 is 28.3 Å². The van der Waals surface area contributed by atoms with Gasteiger partial charge in [-0.15, -0.1) is 0 Å². The largest absolute Gasteiger partial charge is 0.295 e. The third-order valence-corrected chi connectivity index (χ3v) is 10.2. The molecule has 0 saturated carbocycles. The summed E-state index contributed by atoms with van der Waals surface area (Å²) in [6.07, 6.45) is 0. The SMILES string of the molecule is O=P1(c2ccccc2)Sc2ccccc2S1. The quantitative estimate of drug-likeness (QED) is 0.710. The van der Waals surface area contributed by atoms with Gasteiger partial charge in [0.1, 0.15) is 0 Å². The minimum Gasteiger partial charge on any atom is -0.295 e. The van der Waals surface area contributed by atoms with E-state index in [4.69, 9.17) is 0 Å². The molecule has 0 aromatic heterocycles. The van der Waals surface area contributed by atoms with E-state index in [1.54, 1.807) is 0 Å². The molecule has 0 N–H and O–H groups in total. The zero-order chi connectivity index (χ0) is 11.0. The monoisotopic (exact) mass is 264 g/mol. The first-order chi connectivity index (χ1) is 7.78. The Labute approximate surface area is 103 Å². The summed E-state index contributed by atoms with van der Waals surface area (Å²) < 4.78 is 12.8. The van der Waals surface area contributed by atoms with Crippen LogP contribution in [0.25, 0.3) is 0 Å². The Hall–Kier alpha value is -0.630. The van der Waals surface area contributed by atoms with E-state index in [0.29, 0.717) is 0 Å². The molecule has 1 aliphatic rings. The summed E-state index contributed by atoms with van der Waals surface area (Å²) in [5, 5.41) is 0.946. The number of fused-ring (bicyclic) bond motifs is 1. The molecule has 1 nitrogen and oxygen atoms in total. The lowest BCUT2D eigenvalue weighted by molar-refractivity contribution is 0.598. The molecule has 0 amide bonds. The summed E-state index contributed by atoms with van der Waals surface area (Å²) in [6.45, 7) is 0. The lowest BCUT2D eigenvalue weighted by atomic mass is 10.4.